The van der Waals surface area contributed by atoms with E-state index in [0.717, 1.165) is 51.9 Å². The topological polar surface area (TPSA) is 63.1 Å². The lowest BCUT2D eigenvalue weighted by Crippen LogP contribution is -2.48. The third kappa shape index (κ3) is 5.98. The molecule has 1 unspecified atom stereocenters. The van der Waals surface area contributed by atoms with Crippen LogP contribution in [0.5, 0.6) is 0 Å². The van der Waals surface area contributed by atoms with Gasteiger partial charge in [-0.15, -0.1) is 0 Å². The van der Waals surface area contributed by atoms with Gasteiger partial charge in [0, 0.05) is 32.1 Å². The van der Waals surface area contributed by atoms with Crippen LogP contribution >= 0.6 is 0 Å². The maximum Gasteiger partial charge on any atom is 0.220 e. The number of nitrogens with zero attached hydrogens (tertiary/aromatic N) is 4. The van der Waals surface area contributed by atoms with Crippen LogP contribution in [0.25, 0.3) is 0 Å². The summed E-state index contributed by atoms with van der Waals surface area (Å²) in [4.78, 5) is 18.5. The molecule has 25 heavy (non-hydrogen) atoms. The maximum absolute atomic E-state index is 12.2. The average molecular weight is 341 g/mol. The molecule has 1 N–H and O–H groups in total. The van der Waals surface area contributed by atoms with E-state index < -0.39 is 0 Å². The Hall–Kier alpha value is -2.21. The molecule has 1 saturated heterocycles. The molecule has 1 atom stereocenters. The highest BCUT2D eigenvalue weighted by atomic mass is 16.1. The number of likely N-dealkylation sites (tertiary alicyclic amines) is 1. The summed E-state index contributed by atoms with van der Waals surface area (Å²) in [6, 6.07) is 10.9. The summed E-state index contributed by atoms with van der Waals surface area (Å²) in [6.45, 7) is 3.89. The van der Waals surface area contributed by atoms with Gasteiger partial charge in [0.25, 0.3) is 0 Å². The second-order valence-electron chi connectivity index (χ2n) is 6.70. The second kappa shape index (κ2) is 9.32. The summed E-state index contributed by atoms with van der Waals surface area (Å²) in [5.74, 6) is 0.148. The summed E-state index contributed by atoms with van der Waals surface area (Å²) < 4.78 is 1.76. The minimum absolute atomic E-state index is 0.148. The number of aromatic nitrogens is 3. The first-order chi connectivity index (χ1) is 12.3. The van der Waals surface area contributed by atoms with Gasteiger partial charge in [0.2, 0.25) is 5.91 Å². The summed E-state index contributed by atoms with van der Waals surface area (Å²) in [5, 5.41) is 7.25. The second-order valence-corrected chi connectivity index (χ2v) is 6.70. The molecule has 0 bridgehead atoms. The quantitative estimate of drug-likeness (QED) is 0.796. The van der Waals surface area contributed by atoms with Gasteiger partial charge in [0.05, 0.1) is 0 Å². The Morgan fingerprint density at radius 3 is 2.92 bits per heavy atom. The van der Waals surface area contributed by atoms with Crippen molar-refractivity contribution in [3.63, 3.8) is 0 Å². The molecule has 1 aliphatic heterocycles. The van der Waals surface area contributed by atoms with Gasteiger partial charge in [-0.1, -0.05) is 30.3 Å². The highest BCUT2D eigenvalue weighted by Gasteiger charge is 2.20. The van der Waals surface area contributed by atoms with Crippen molar-refractivity contribution in [1.82, 2.24) is 25.0 Å². The first-order valence-electron chi connectivity index (χ1n) is 9.17. The van der Waals surface area contributed by atoms with Crippen molar-refractivity contribution >= 4 is 5.91 Å². The van der Waals surface area contributed by atoms with Gasteiger partial charge < -0.3 is 10.2 Å². The van der Waals surface area contributed by atoms with Crippen LogP contribution in [0.3, 0.4) is 0 Å². The fraction of sp³-hybridized carbons (Fsp3) is 0.526. The van der Waals surface area contributed by atoms with Crippen LogP contribution in [-0.4, -0.2) is 51.2 Å². The van der Waals surface area contributed by atoms with E-state index in [1.165, 1.54) is 11.9 Å². The van der Waals surface area contributed by atoms with E-state index in [4.69, 9.17) is 0 Å². The molecule has 0 saturated carbocycles. The first kappa shape index (κ1) is 17.6. The van der Waals surface area contributed by atoms with Crippen molar-refractivity contribution in [2.45, 2.75) is 44.7 Å². The van der Waals surface area contributed by atoms with E-state index >= 15 is 0 Å². The number of carbonyl (C=O) groups excluding carboxylic acids is 1. The largest absolute Gasteiger partial charge is 0.352 e. The van der Waals surface area contributed by atoms with Crippen LogP contribution in [0.2, 0.25) is 0 Å². The molecule has 0 spiro atoms. The molecule has 1 aliphatic rings. The number of carbonyl (C=O) groups is 1. The van der Waals surface area contributed by atoms with Gasteiger partial charge in [-0.2, -0.15) is 5.10 Å². The number of hydrogen-bond donors (Lipinski definition) is 1. The molecule has 0 radical (unpaired) electrons. The van der Waals surface area contributed by atoms with Crippen molar-refractivity contribution in [1.29, 1.82) is 0 Å². The van der Waals surface area contributed by atoms with Crippen molar-refractivity contribution in [3.8, 4) is 0 Å². The third-order valence-electron chi connectivity index (χ3n) is 4.69. The highest BCUT2D eigenvalue weighted by molar-refractivity contribution is 5.76. The van der Waals surface area contributed by atoms with Gasteiger partial charge >= 0.3 is 0 Å². The predicted octanol–water partition coefficient (Wildman–Crippen LogP) is 1.88. The molecule has 0 aliphatic carbocycles. The van der Waals surface area contributed by atoms with Crippen LogP contribution in [0.15, 0.2) is 43.0 Å². The smallest absolute Gasteiger partial charge is 0.220 e. The lowest BCUT2D eigenvalue weighted by molar-refractivity contribution is -0.122. The normalized spacial score (nSPS) is 18.2. The molecular weight excluding hydrogens is 314 g/mol. The summed E-state index contributed by atoms with van der Waals surface area (Å²) in [7, 11) is 0. The first-order valence-corrected chi connectivity index (χ1v) is 9.17. The molecule has 1 aromatic carbocycles. The Labute approximate surface area is 149 Å². The summed E-state index contributed by atoms with van der Waals surface area (Å²) >= 11 is 0. The molecular formula is C19H27N5O. The van der Waals surface area contributed by atoms with Crippen LogP contribution in [0.1, 0.15) is 31.2 Å². The summed E-state index contributed by atoms with van der Waals surface area (Å²) in [6.07, 6.45) is 7.84. The van der Waals surface area contributed by atoms with E-state index in [1.807, 2.05) is 0 Å². The van der Waals surface area contributed by atoms with Crippen molar-refractivity contribution in [3.05, 3.63) is 48.5 Å². The Morgan fingerprint density at radius 2 is 2.12 bits per heavy atom. The third-order valence-corrected chi connectivity index (χ3v) is 4.69. The van der Waals surface area contributed by atoms with Gasteiger partial charge in [0.1, 0.15) is 12.7 Å². The predicted molar refractivity (Wildman–Crippen MR) is 97.0 cm³/mol. The zero-order valence-corrected chi connectivity index (χ0v) is 14.7. The Morgan fingerprint density at radius 1 is 1.24 bits per heavy atom. The lowest BCUT2D eigenvalue weighted by atomic mass is 10.0. The van der Waals surface area contributed by atoms with E-state index in [-0.39, 0.29) is 11.9 Å². The fourth-order valence-corrected chi connectivity index (χ4v) is 3.36. The minimum atomic E-state index is 0.148. The Kier molecular flexibility index (Phi) is 6.56. The van der Waals surface area contributed by atoms with Gasteiger partial charge in [0.15, 0.2) is 0 Å². The number of hydrogen-bond acceptors (Lipinski definition) is 4. The zero-order chi connectivity index (χ0) is 17.3. The SMILES string of the molecule is O=C(CCCn1cncn1)NC1CCCN(CCc2ccccc2)C1. The van der Waals surface area contributed by atoms with Gasteiger partial charge in [-0.3, -0.25) is 9.48 Å². The number of amides is 1. The van der Waals surface area contributed by atoms with E-state index in [0.29, 0.717) is 6.42 Å². The fourth-order valence-electron chi connectivity index (χ4n) is 3.36. The molecule has 1 amide bonds. The van der Waals surface area contributed by atoms with E-state index in [2.05, 4.69) is 50.6 Å². The molecule has 6 nitrogen and oxygen atoms in total. The number of rotatable bonds is 8. The molecule has 2 heterocycles. The van der Waals surface area contributed by atoms with Crippen LogP contribution in [0.4, 0.5) is 0 Å². The summed E-state index contributed by atoms with van der Waals surface area (Å²) in [5.41, 5.74) is 1.38. The molecule has 134 valence electrons. The van der Waals surface area contributed by atoms with E-state index in [1.54, 1.807) is 11.0 Å². The van der Waals surface area contributed by atoms with E-state index in [9.17, 15) is 4.79 Å². The monoisotopic (exact) mass is 341 g/mol. The van der Waals surface area contributed by atoms with Crippen LogP contribution in [-0.2, 0) is 17.8 Å². The minimum Gasteiger partial charge on any atom is -0.352 e. The lowest BCUT2D eigenvalue weighted by Gasteiger charge is -2.33. The number of piperidine rings is 1. The van der Waals surface area contributed by atoms with Crippen molar-refractivity contribution in [2.75, 3.05) is 19.6 Å². The molecule has 6 heteroatoms. The van der Waals surface area contributed by atoms with Gasteiger partial charge in [-0.05, 0) is 37.8 Å². The van der Waals surface area contributed by atoms with Crippen molar-refractivity contribution < 1.29 is 4.79 Å². The molecule has 1 aromatic heterocycles. The Bertz CT molecular complexity index is 629. The zero-order valence-electron chi connectivity index (χ0n) is 14.7. The maximum atomic E-state index is 12.2. The molecule has 3 rings (SSSR count). The average Bonchev–Trinajstić information content (AvgIpc) is 3.15. The molecule has 2 aromatic rings. The Balaban J connectivity index is 1.35. The van der Waals surface area contributed by atoms with Gasteiger partial charge in [-0.25, -0.2) is 4.98 Å². The van der Waals surface area contributed by atoms with Crippen LogP contribution < -0.4 is 5.32 Å². The van der Waals surface area contributed by atoms with Crippen molar-refractivity contribution in [2.24, 2.45) is 0 Å². The number of aryl methyl sites for hydroxylation is 1. The molecule has 1 fully saturated rings. The number of nitrogens with one attached hydrogen (secondary N) is 1. The standard InChI is InChI=1S/C19H27N5O/c25-19(9-5-12-24-16-20-15-21-24)22-18-8-4-11-23(14-18)13-10-17-6-2-1-3-7-17/h1-3,6-7,15-16,18H,4-5,8-14H2,(H,22,25). The number of benzene rings is 1. The highest BCUT2D eigenvalue weighted by Crippen LogP contribution is 2.12. The van der Waals surface area contributed by atoms with Crippen LogP contribution in [0, 0.1) is 0 Å².